The van der Waals surface area contributed by atoms with Crippen molar-refractivity contribution in [1.29, 1.82) is 0 Å². The maximum absolute atomic E-state index is 6.67. The highest BCUT2D eigenvalue weighted by atomic mass is 16.3. The monoisotopic (exact) mass is 892 g/mol. The van der Waals surface area contributed by atoms with E-state index in [-0.39, 0.29) is 0 Å². The molecule has 0 unspecified atom stereocenters. The van der Waals surface area contributed by atoms with Crippen LogP contribution in [0.2, 0.25) is 0 Å². The van der Waals surface area contributed by atoms with E-state index in [9.17, 15) is 0 Å². The highest BCUT2D eigenvalue weighted by Gasteiger charge is 2.23. The van der Waals surface area contributed by atoms with Gasteiger partial charge in [-0.25, -0.2) is 0 Å². The zero-order valence-corrected chi connectivity index (χ0v) is 37.8. The van der Waals surface area contributed by atoms with Crippen LogP contribution in [0.5, 0.6) is 0 Å². The fourth-order valence-corrected chi connectivity index (χ4v) is 11.5. The van der Waals surface area contributed by atoms with Crippen LogP contribution in [-0.2, 0) is 0 Å². The van der Waals surface area contributed by atoms with Crippen molar-refractivity contribution in [2.24, 2.45) is 0 Å². The number of nitrogens with zero attached hydrogens (tertiary/aromatic N) is 2. The predicted octanol–water partition coefficient (Wildman–Crippen LogP) is 19.3. The van der Waals surface area contributed by atoms with E-state index < -0.39 is 0 Å². The minimum absolute atomic E-state index is 0.866. The van der Waals surface area contributed by atoms with Gasteiger partial charge < -0.3 is 18.6 Å². The SMILES string of the molecule is c1ccc(N(c2ccc3c(c2)c2ccccc2c2cc4c5ccc(N(c6ccccc6)c6cccc7c6oc6ccccc67)cc5c5ccccc5c4cc32)c2cccc3c2oc2ccccc23)cc1. The van der Waals surface area contributed by atoms with E-state index in [1.807, 2.05) is 12.1 Å². The second-order valence-electron chi connectivity index (χ2n) is 18.3. The van der Waals surface area contributed by atoms with Crippen molar-refractivity contribution in [3.63, 3.8) is 0 Å². The molecule has 13 aromatic carbocycles. The Labute approximate surface area is 402 Å². The highest BCUT2D eigenvalue weighted by molar-refractivity contribution is 6.33. The minimum atomic E-state index is 0.866. The van der Waals surface area contributed by atoms with Gasteiger partial charge in [0, 0.05) is 44.3 Å². The predicted molar refractivity (Wildman–Crippen MR) is 295 cm³/mol. The van der Waals surface area contributed by atoms with E-state index in [1.54, 1.807) is 0 Å². The number of hydrogen-bond acceptors (Lipinski definition) is 4. The number of benzene rings is 13. The van der Waals surface area contributed by atoms with Crippen molar-refractivity contribution >= 4 is 143 Å². The Kier molecular flexibility index (Phi) is 8.33. The summed E-state index contributed by atoms with van der Waals surface area (Å²) in [6.45, 7) is 0. The van der Waals surface area contributed by atoms with Gasteiger partial charge in [-0.05, 0) is 150 Å². The Bertz CT molecular complexity index is 4310. The van der Waals surface area contributed by atoms with E-state index in [0.29, 0.717) is 0 Å². The summed E-state index contributed by atoms with van der Waals surface area (Å²) in [5, 5.41) is 19.1. The first kappa shape index (κ1) is 38.7. The van der Waals surface area contributed by atoms with Crippen LogP contribution in [-0.4, -0.2) is 0 Å². The van der Waals surface area contributed by atoms with Gasteiger partial charge in [-0.3, -0.25) is 0 Å². The molecule has 4 nitrogen and oxygen atoms in total. The number of hydrogen-bond donors (Lipinski definition) is 0. The summed E-state index contributed by atoms with van der Waals surface area (Å²) < 4.78 is 13.3. The van der Waals surface area contributed by atoms with Crippen LogP contribution in [0, 0.1) is 0 Å². The van der Waals surface area contributed by atoms with E-state index in [1.165, 1.54) is 64.6 Å². The fraction of sp³-hybridized carbons (Fsp3) is 0. The van der Waals surface area contributed by atoms with Gasteiger partial charge in [-0.1, -0.05) is 158 Å². The summed E-state index contributed by atoms with van der Waals surface area (Å²) in [7, 11) is 0. The molecular weight excluding hydrogens is 853 g/mol. The summed E-state index contributed by atoms with van der Waals surface area (Å²) in [6, 6.07) is 87.5. The molecule has 15 aromatic rings. The second-order valence-corrected chi connectivity index (χ2v) is 18.3. The standard InChI is InChI=1S/C66H40N2O2/c1-3-17-41(18-4-1)67(61-29-15-27-53-51-25-11-13-31-63(51)69-65(53)61)43-33-35-49-55(37-43)45-21-7-9-23-47(45)57-40-60-50-36-34-44(38-56(50)46-22-8-10-24-48(46)58(60)39-59(49)57)68(42-19-5-2-6-20-42)62-30-16-28-54-52-26-12-14-32-64(52)70-66(54)62/h1-40H. The molecule has 0 fully saturated rings. The molecule has 0 amide bonds. The molecule has 326 valence electrons. The average Bonchev–Trinajstić information content (AvgIpc) is 4.01. The Morgan fingerprint density at radius 1 is 0.200 bits per heavy atom. The molecule has 2 heterocycles. The molecule has 15 rings (SSSR count). The van der Waals surface area contributed by atoms with Crippen LogP contribution >= 0.6 is 0 Å². The van der Waals surface area contributed by atoms with Gasteiger partial charge in [-0.15, -0.1) is 0 Å². The Hall–Kier alpha value is -9.38. The molecule has 2 aromatic heterocycles. The first-order valence-electron chi connectivity index (χ1n) is 23.9. The van der Waals surface area contributed by atoms with Gasteiger partial charge in [-0.2, -0.15) is 0 Å². The number of fused-ring (bicyclic) bond motifs is 18. The molecule has 0 N–H and O–H groups in total. The molecule has 0 radical (unpaired) electrons. The van der Waals surface area contributed by atoms with Crippen molar-refractivity contribution in [2.75, 3.05) is 9.80 Å². The minimum Gasteiger partial charge on any atom is -0.454 e. The number of furan rings is 2. The first-order chi connectivity index (χ1) is 34.7. The van der Waals surface area contributed by atoms with E-state index >= 15 is 0 Å². The van der Waals surface area contributed by atoms with Crippen molar-refractivity contribution in [3.8, 4) is 0 Å². The lowest BCUT2D eigenvalue weighted by atomic mass is 9.88. The molecule has 0 atom stereocenters. The first-order valence-corrected chi connectivity index (χ1v) is 23.9. The van der Waals surface area contributed by atoms with Crippen LogP contribution in [0.3, 0.4) is 0 Å². The summed E-state index contributed by atoms with van der Waals surface area (Å²) in [4.78, 5) is 4.68. The highest BCUT2D eigenvalue weighted by Crippen LogP contribution is 2.48. The molecule has 70 heavy (non-hydrogen) atoms. The van der Waals surface area contributed by atoms with Gasteiger partial charge in [0.1, 0.15) is 11.2 Å². The van der Waals surface area contributed by atoms with Gasteiger partial charge in [0.2, 0.25) is 0 Å². The quantitative estimate of drug-likeness (QED) is 0.123. The summed E-state index contributed by atoms with van der Waals surface area (Å²) in [5.74, 6) is 0. The third-order valence-electron chi connectivity index (χ3n) is 14.6. The van der Waals surface area contributed by atoms with E-state index in [0.717, 1.165) is 78.0 Å². The van der Waals surface area contributed by atoms with Crippen molar-refractivity contribution in [2.45, 2.75) is 0 Å². The van der Waals surface area contributed by atoms with Gasteiger partial charge >= 0.3 is 0 Å². The van der Waals surface area contributed by atoms with Crippen LogP contribution in [0.15, 0.2) is 251 Å². The third kappa shape index (κ3) is 5.71. The van der Waals surface area contributed by atoms with Crippen molar-refractivity contribution in [3.05, 3.63) is 243 Å². The maximum Gasteiger partial charge on any atom is 0.159 e. The lowest BCUT2D eigenvalue weighted by Gasteiger charge is -2.26. The molecule has 0 aliphatic rings. The van der Waals surface area contributed by atoms with Crippen molar-refractivity contribution < 1.29 is 8.83 Å². The Morgan fingerprint density at radius 2 is 0.514 bits per heavy atom. The molecule has 4 heteroatoms. The van der Waals surface area contributed by atoms with Gasteiger partial charge in [0.15, 0.2) is 11.2 Å². The smallest absolute Gasteiger partial charge is 0.159 e. The molecule has 0 bridgehead atoms. The van der Waals surface area contributed by atoms with Gasteiger partial charge in [0.25, 0.3) is 0 Å². The zero-order valence-electron chi connectivity index (χ0n) is 37.8. The molecular formula is C66H40N2O2. The molecule has 0 aliphatic carbocycles. The van der Waals surface area contributed by atoms with E-state index in [4.69, 9.17) is 8.83 Å². The topological polar surface area (TPSA) is 32.8 Å². The molecule has 0 aliphatic heterocycles. The third-order valence-corrected chi connectivity index (χ3v) is 14.6. The zero-order chi connectivity index (χ0) is 45.9. The average molecular weight is 893 g/mol. The number of anilines is 6. The lowest BCUT2D eigenvalue weighted by Crippen LogP contribution is -2.10. The van der Waals surface area contributed by atoms with Crippen LogP contribution in [0.4, 0.5) is 34.1 Å². The van der Waals surface area contributed by atoms with E-state index in [2.05, 4.69) is 240 Å². The number of rotatable bonds is 6. The largest absolute Gasteiger partial charge is 0.454 e. The van der Waals surface area contributed by atoms with Crippen LogP contribution in [0.25, 0.3) is 109 Å². The van der Waals surface area contributed by atoms with Crippen molar-refractivity contribution in [1.82, 2.24) is 0 Å². The Morgan fingerprint density at radius 3 is 0.914 bits per heavy atom. The van der Waals surface area contributed by atoms with Crippen LogP contribution in [0.1, 0.15) is 0 Å². The summed E-state index contributed by atoms with van der Waals surface area (Å²) >= 11 is 0. The molecule has 0 spiro atoms. The summed E-state index contributed by atoms with van der Waals surface area (Å²) in [6.07, 6.45) is 0. The second kappa shape index (κ2) is 15.1. The van der Waals surface area contributed by atoms with Crippen LogP contribution < -0.4 is 9.80 Å². The Balaban J connectivity index is 0.960. The van der Waals surface area contributed by atoms with Gasteiger partial charge in [0.05, 0.1) is 11.4 Å². The normalized spacial score (nSPS) is 12.0. The maximum atomic E-state index is 6.67. The lowest BCUT2D eigenvalue weighted by molar-refractivity contribution is 0.668. The molecule has 0 saturated heterocycles. The number of para-hydroxylation sites is 6. The summed E-state index contributed by atoms with van der Waals surface area (Å²) in [5.41, 5.74) is 9.73. The fourth-order valence-electron chi connectivity index (χ4n) is 11.5. The molecule has 0 saturated carbocycles.